The molecule has 5 saturated heterocycles. The number of methoxy groups -OCH3 is 1. The second-order valence-corrected chi connectivity index (χ2v) is 26.6. The maximum absolute atomic E-state index is 14.9. The van der Waals surface area contributed by atoms with Crippen molar-refractivity contribution < 1.29 is 41.8 Å². The van der Waals surface area contributed by atoms with Crippen molar-refractivity contribution in [3.05, 3.63) is 123 Å². The first kappa shape index (κ1) is 56.7. The molecule has 3 N–H and O–H groups in total. The summed E-state index contributed by atoms with van der Waals surface area (Å²) in [7, 11) is -2.86. The minimum absolute atomic E-state index is 0.120. The van der Waals surface area contributed by atoms with Crippen molar-refractivity contribution >= 4 is 61.2 Å². The molecule has 22 heteroatoms. The molecule has 14 rings (SSSR count). The molecule has 6 aliphatic heterocycles. The highest BCUT2D eigenvalue weighted by Gasteiger charge is 2.51. The Kier molecular flexibility index (Phi) is 15.5. The van der Waals surface area contributed by atoms with Crippen LogP contribution < -0.4 is 34.2 Å². The Labute approximate surface area is 501 Å². The predicted octanol–water partition coefficient (Wildman–Crippen LogP) is 8.85. The first-order chi connectivity index (χ1) is 41.9. The Balaban J connectivity index is 0.713. The quantitative estimate of drug-likeness (QED) is 0.0684. The number of rotatable bonds is 14. The van der Waals surface area contributed by atoms with Gasteiger partial charge in [-0.2, -0.15) is 4.98 Å². The summed E-state index contributed by atoms with van der Waals surface area (Å²) < 4.78 is 60.6. The number of amides is 1. The van der Waals surface area contributed by atoms with E-state index >= 15 is 0 Å². The Morgan fingerprint density at radius 3 is 2.44 bits per heavy atom. The zero-order valence-corrected chi connectivity index (χ0v) is 49.9. The van der Waals surface area contributed by atoms with Crippen LogP contribution >= 0.6 is 0 Å². The summed E-state index contributed by atoms with van der Waals surface area (Å²) in [5.74, 6) is 1.55. The van der Waals surface area contributed by atoms with E-state index in [0.717, 1.165) is 132 Å². The number of nitrogens with one attached hydrogen (secondary N) is 3. The lowest BCUT2D eigenvalue weighted by molar-refractivity contribution is -0.384. The molecule has 6 aromatic rings. The lowest BCUT2D eigenvalue weighted by Gasteiger charge is -2.59. The summed E-state index contributed by atoms with van der Waals surface area (Å²) >= 11 is 0. The summed E-state index contributed by atoms with van der Waals surface area (Å²) in [5.41, 5.74) is 8.09. The number of nitro benzene ring substituents is 1. The molecule has 2 aliphatic carbocycles. The van der Waals surface area contributed by atoms with E-state index in [2.05, 4.69) is 76.8 Å². The highest BCUT2D eigenvalue weighted by molar-refractivity contribution is 7.90. The van der Waals surface area contributed by atoms with Gasteiger partial charge in [0.05, 0.1) is 54.0 Å². The van der Waals surface area contributed by atoms with Gasteiger partial charge in [-0.05, 0) is 148 Å². The van der Waals surface area contributed by atoms with Gasteiger partial charge < -0.3 is 48.7 Å². The first-order valence-electron chi connectivity index (χ1n) is 30.9. The highest BCUT2D eigenvalue weighted by Crippen LogP contribution is 2.54. The Morgan fingerprint density at radius 1 is 0.837 bits per heavy atom. The zero-order chi connectivity index (χ0) is 58.7. The molecular formula is C64H77N11O10S. The monoisotopic (exact) mass is 1190 g/mol. The van der Waals surface area contributed by atoms with Gasteiger partial charge in [-0.3, -0.25) is 24.7 Å². The molecule has 0 bridgehead atoms. The number of nitrogens with zero attached hydrogens (tertiary/aromatic N) is 8. The van der Waals surface area contributed by atoms with E-state index in [1.165, 1.54) is 34.5 Å². The number of H-pyrrole nitrogens is 1. The van der Waals surface area contributed by atoms with Gasteiger partial charge in [0.1, 0.15) is 23.1 Å². The van der Waals surface area contributed by atoms with E-state index in [0.29, 0.717) is 81.6 Å². The largest absolute Gasteiger partial charge is 0.493 e. The molecule has 1 amide bonds. The van der Waals surface area contributed by atoms with Crippen LogP contribution in [0.1, 0.15) is 103 Å². The van der Waals surface area contributed by atoms with Crippen molar-refractivity contribution in [3.63, 3.8) is 0 Å². The molecule has 9 heterocycles. The summed E-state index contributed by atoms with van der Waals surface area (Å²) in [6.07, 6.45) is 11.1. The van der Waals surface area contributed by atoms with Crippen LogP contribution in [-0.4, -0.2) is 161 Å². The number of aromatic nitrogens is 3. The molecule has 8 aliphatic rings. The molecule has 6 fully saturated rings. The number of piperidine rings is 1. The average Bonchev–Trinajstić information content (AvgIpc) is 1.29. The number of anilines is 5. The number of hydrogen-bond acceptors (Lipinski definition) is 18. The van der Waals surface area contributed by atoms with Crippen LogP contribution in [0.2, 0.25) is 0 Å². The fraction of sp³-hybridized carbons (Fsp3) is 0.516. The number of carbonyl (C=O) groups excluding carboxylic acids is 1. The molecular weight excluding hydrogens is 1110 g/mol. The molecule has 3 aromatic heterocycles. The lowest BCUT2D eigenvalue weighted by atomic mass is 9.59. The van der Waals surface area contributed by atoms with Crippen LogP contribution in [-0.2, 0) is 30.7 Å². The number of piperazine rings is 1. The van der Waals surface area contributed by atoms with Crippen molar-refractivity contribution in [1.82, 2.24) is 29.5 Å². The normalized spacial score (nSPS) is 23.9. The predicted molar refractivity (Wildman–Crippen MR) is 327 cm³/mol. The van der Waals surface area contributed by atoms with Gasteiger partial charge in [0, 0.05) is 119 Å². The smallest absolute Gasteiger partial charge is 0.293 e. The summed E-state index contributed by atoms with van der Waals surface area (Å²) in [6.45, 7) is 12.3. The number of aromatic amines is 1. The van der Waals surface area contributed by atoms with Gasteiger partial charge in [-0.15, -0.1) is 0 Å². The van der Waals surface area contributed by atoms with Crippen molar-refractivity contribution in [2.45, 2.75) is 106 Å². The Morgan fingerprint density at radius 2 is 1.64 bits per heavy atom. The van der Waals surface area contributed by atoms with Crippen LogP contribution in [0.4, 0.5) is 34.3 Å². The number of morpholine rings is 1. The molecule has 3 aromatic carbocycles. The Hall–Kier alpha value is -7.08. The van der Waals surface area contributed by atoms with E-state index in [1.54, 1.807) is 13.2 Å². The second kappa shape index (κ2) is 23.5. The van der Waals surface area contributed by atoms with Crippen molar-refractivity contribution in [3.8, 4) is 11.6 Å². The van der Waals surface area contributed by atoms with Gasteiger partial charge >= 0.3 is 0 Å². The summed E-state index contributed by atoms with van der Waals surface area (Å²) in [6, 6.07) is 25.2. The molecule has 454 valence electrons. The van der Waals surface area contributed by atoms with Gasteiger partial charge in [0.15, 0.2) is 11.6 Å². The van der Waals surface area contributed by atoms with Gasteiger partial charge in [-0.1, -0.05) is 24.3 Å². The maximum atomic E-state index is 14.9. The molecule has 86 heavy (non-hydrogen) atoms. The lowest BCUT2D eigenvalue weighted by Crippen LogP contribution is -2.60. The zero-order valence-electron chi connectivity index (χ0n) is 49.1. The van der Waals surface area contributed by atoms with E-state index in [-0.39, 0.29) is 40.7 Å². The van der Waals surface area contributed by atoms with Crippen molar-refractivity contribution in [2.24, 2.45) is 11.3 Å². The van der Waals surface area contributed by atoms with E-state index in [9.17, 15) is 23.3 Å². The number of sulfonamides is 1. The summed E-state index contributed by atoms with van der Waals surface area (Å²) in [4.78, 5) is 52.1. The number of carbonyl (C=O) groups is 1. The second-order valence-electron chi connectivity index (χ2n) is 24.9. The molecule has 1 saturated carbocycles. The number of aryl methyl sites for hydroxylation is 2. The SMILES string of the molecule is COc1cc2c(nc1N1CCOCC1)CCC[C@H]2N1CCN(C2CC3(CCN(c4ccc(C(=O)NS(=O)(=O)c5ccc(NCC6CCOCC6)c([N+](=O)[O-])c5)c(N5c6cc7cc[nH]c7nc6O[C@H]6COCC[C@@H]65)c4)CC3)C2)[C@H](c2ccccc2C)C1. The van der Waals surface area contributed by atoms with E-state index in [4.69, 9.17) is 33.7 Å². The molecule has 1 spiro atoms. The third-order valence-corrected chi connectivity index (χ3v) is 21.3. The summed E-state index contributed by atoms with van der Waals surface area (Å²) in [5, 5.41) is 16.4. The number of fused-ring (bicyclic) bond motifs is 4. The Bertz CT molecular complexity index is 3630. The topological polar surface area (TPSA) is 222 Å². The average molecular weight is 1190 g/mol. The van der Waals surface area contributed by atoms with Crippen LogP contribution in [0, 0.1) is 28.4 Å². The molecule has 4 atom stereocenters. The maximum Gasteiger partial charge on any atom is 0.293 e. The van der Waals surface area contributed by atoms with Crippen molar-refractivity contribution in [2.75, 3.05) is 119 Å². The third kappa shape index (κ3) is 10.9. The molecule has 0 unspecified atom stereocenters. The number of pyridine rings is 2. The highest BCUT2D eigenvalue weighted by atomic mass is 32.2. The minimum atomic E-state index is -4.62. The third-order valence-electron chi connectivity index (χ3n) is 20.0. The van der Waals surface area contributed by atoms with Gasteiger partial charge in [-0.25, -0.2) is 18.1 Å². The van der Waals surface area contributed by atoms with Crippen LogP contribution in [0.15, 0.2) is 90.0 Å². The standard InChI is InChI=1S/C64H77N11O10S/c1-41-6-3-4-7-47(41)57-39-72(52-9-5-8-50-49(52)35-58(81-2)61(67-50)71-25-30-83-31-26-71)23-24-73(57)45-36-64(37-45)18-21-70(22-19-64)44-10-12-48(54(33-44)74-53-17-29-84-40-59(53)85-63-56(74)32-43-14-20-65-60(43)68-63)62(76)69-86(79,80)46-11-13-51(55(34-46)75(77)78)66-38-42-15-27-82-28-16-42/h3-4,6-7,10-14,20,32-35,42,45,52-53,57,59,66H,5,8-9,15-19,21-31,36-40H2,1-2H3,(H,65,68)(H,69,76)/t52-,53+,57+,59+/m1/s1. The van der Waals surface area contributed by atoms with E-state index < -0.39 is 37.5 Å². The van der Waals surface area contributed by atoms with Crippen LogP contribution in [0.25, 0.3) is 11.0 Å². The molecule has 0 radical (unpaired) electrons. The number of hydrogen-bond donors (Lipinski definition) is 3. The van der Waals surface area contributed by atoms with Gasteiger partial charge in [0.25, 0.3) is 21.6 Å². The number of benzene rings is 3. The number of ether oxygens (including phenoxy) is 5. The number of nitro groups is 1. The fourth-order valence-corrected chi connectivity index (χ4v) is 16.2. The van der Waals surface area contributed by atoms with Gasteiger partial charge in [0.2, 0.25) is 5.88 Å². The molecule has 21 nitrogen and oxygen atoms in total. The van der Waals surface area contributed by atoms with Crippen LogP contribution in [0.5, 0.6) is 11.6 Å². The first-order valence-corrected chi connectivity index (χ1v) is 32.4. The fourth-order valence-electron chi connectivity index (χ4n) is 15.3. The minimum Gasteiger partial charge on any atom is -0.493 e. The van der Waals surface area contributed by atoms with Crippen molar-refractivity contribution in [1.29, 1.82) is 0 Å². The van der Waals surface area contributed by atoms with Crippen LogP contribution in [0.3, 0.4) is 0 Å². The van der Waals surface area contributed by atoms with E-state index in [1.807, 2.05) is 30.5 Å².